The Bertz CT molecular complexity index is 388. The Kier molecular flexibility index (Phi) is 3.52. The molecule has 0 saturated heterocycles. The Balaban J connectivity index is 3.16. The molecule has 0 bridgehead atoms. The first kappa shape index (κ1) is 12.2. The van der Waals surface area contributed by atoms with Crippen LogP contribution in [0.5, 0.6) is 5.75 Å². The van der Waals surface area contributed by atoms with Gasteiger partial charge in [0.2, 0.25) is 8.32 Å². The van der Waals surface area contributed by atoms with Crippen molar-refractivity contribution in [1.82, 2.24) is 0 Å². The van der Waals surface area contributed by atoms with Gasteiger partial charge in [0.05, 0.1) is 10.6 Å². The van der Waals surface area contributed by atoms with Crippen LogP contribution < -0.4 is 4.43 Å². The molecule has 1 rings (SSSR count). The van der Waals surface area contributed by atoms with Gasteiger partial charge in [0.25, 0.3) is 0 Å². The minimum absolute atomic E-state index is 0.0694. The summed E-state index contributed by atoms with van der Waals surface area (Å²) in [5.41, 5.74) is 0.281. The van der Waals surface area contributed by atoms with E-state index in [1.165, 1.54) is 6.07 Å². The highest BCUT2D eigenvalue weighted by molar-refractivity contribution is 6.70. The minimum Gasteiger partial charge on any atom is -0.544 e. The molecule has 0 aromatic heterocycles. The highest BCUT2D eigenvalue weighted by Gasteiger charge is 2.19. The van der Waals surface area contributed by atoms with Crippen LogP contribution in [0.25, 0.3) is 0 Å². The van der Waals surface area contributed by atoms with Gasteiger partial charge < -0.3 is 4.43 Å². The van der Waals surface area contributed by atoms with Crippen molar-refractivity contribution >= 4 is 26.2 Å². The summed E-state index contributed by atoms with van der Waals surface area (Å²) in [6.07, 6.45) is 0.612. The molecule has 0 radical (unpaired) electrons. The molecule has 0 N–H and O–H groups in total. The number of halogens is 2. The summed E-state index contributed by atoms with van der Waals surface area (Å²) in [5.74, 6) is -0.304. The fraction of sp³-hybridized carbons (Fsp3) is 0.300. The first-order valence-electron chi connectivity index (χ1n) is 4.47. The molecule has 0 aliphatic heterocycles. The van der Waals surface area contributed by atoms with E-state index in [1.807, 2.05) is 19.6 Å². The van der Waals surface area contributed by atoms with Gasteiger partial charge in [-0.15, -0.1) is 0 Å². The smallest absolute Gasteiger partial charge is 0.242 e. The number of aldehydes is 1. The van der Waals surface area contributed by atoms with Gasteiger partial charge in [0.15, 0.2) is 6.29 Å². The van der Waals surface area contributed by atoms with Gasteiger partial charge in [-0.25, -0.2) is 4.39 Å². The number of carbonyl (C=O) groups excluding carboxylic acids is 1. The van der Waals surface area contributed by atoms with E-state index in [9.17, 15) is 9.18 Å². The maximum Gasteiger partial charge on any atom is 0.242 e. The van der Waals surface area contributed by atoms with E-state index in [4.69, 9.17) is 16.0 Å². The lowest BCUT2D eigenvalue weighted by atomic mass is 10.2. The van der Waals surface area contributed by atoms with E-state index in [-0.39, 0.29) is 16.3 Å². The molecule has 0 unspecified atom stereocenters. The summed E-state index contributed by atoms with van der Waals surface area (Å²) in [6.45, 7) is 5.86. The lowest BCUT2D eigenvalue weighted by molar-refractivity contribution is 0.112. The SMILES string of the molecule is C[Si](C)(C)Oc1cc(F)c(Cl)cc1C=O. The number of hydrogen-bond acceptors (Lipinski definition) is 2. The van der Waals surface area contributed by atoms with Crippen molar-refractivity contribution in [2.75, 3.05) is 0 Å². The van der Waals surface area contributed by atoms with Crippen LogP contribution in [-0.4, -0.2) is 14.6 Å². The lowest BCUT2D eigenvalue weighted by Gasteiger charge is -2.20. The van der Waals surface area contributed by atoms with E-state index >= 15 is 0 Å². The van der Waals surface area contributed by atoms with Gasteiger partial charge in [-0.1, -0.05) is 11.6 Å². The van der Waals surface area contributed by atoms with Crippen LogP contribution in [-0.2, 0) is 0 Å². The van der Waals surface area contributed by atoms with Crippen molar-refractivity contribution in [3.8, 4) is 5.75 Å². The summed E-state index contributed by atoms with van der Waals surface area (Å²) < 4.78 is 18.7. The van der Waals surface area contributed by atoms with Crippen LogP contribution >= 0.6 is 11.6 Å². The van der Waals surface area contributed by atoms with Crippen LogP contribution in [0, 0.1) is 5.82 Å². The molecule has 5 heteroatoms. The quantitative estimate of drug-likeness (QED) is 0.603. The summed E-state index contributed by atoms with van der Waals surface area (Å²) in [4.78, 5) is 10.7. The standard InChI is InChI=1S/C10H12ClFO2Si/c1-15(2,3)14-10-5-9(12)8(11)4-7(10)6-13/h4-6H,1-3H3. The first-order valence-corrected chi connectivity index (χ1v) is 8.25. The van der Waals surface area contributed by atoms with Crippen molar-refractivity contribution in [3.05, 3.63) is 28.5 Å². The Morgan fingerprint density at radius 2 is 2.00 bits per heavy atom. The van der Waals surface area contributed by atoms with Gasteiger partial charge in [-0.2, -0.15) is 0 Å². The maximum absolute atomic E-state index is 13.2. The monoisotopic (exact) mass is 246 g/mol. The molecule has 0 amide bonds. The highest BCUT2D eigenvalue weighted by atomic mass is 35.5. The Hall–Kier alpha value is -0.873. The molecule has 15 heavy (non-hydrogen) atoms. The highest BCUT2D eigenvalue weighted by Crippen LogP contribution is 2.26. The average molecular weight is 247 g/mol. The fourth-order valence-electron chi connectivity index (χ4n) is 1.05. The predicted molar refractivity (Wildman–Crippen MR) is 60.8 cm³/mol. The molecule has 1 aromatic rings. The molecule has 0 spiro atoms. The van der Waals surface area contributed by atoms with Gasteiger partial charge in [-0.05, 0) is 25.7 Å². The van der Waals surface area contributed by atoms with Crippen LogP contribution in [0.15, 0.2) is 12.1 Å². The van der Waals surface area contributed by atoms with E-state index in [1.54, 1.807) is 0 Å². The summed E-state index contributed by atoms with van der Waals surface area (Å²) in [5, 5.41) is -0.0694. The minimum atomic E-state index is -1.85. The molecule has 0 heterocycles. The molecule has 82 valence electrons. The zero-order valence-electron chi connectivity index (χ0n) is 8.80. The normalized spacial score (nSPS) is 11.3. The first-order chi connectivity index (χ1) is 6.83. The van der Waals surface area contributed by atoms with Crippen molar-refractivity contribution in [2.24, 2.45) is 0 Å². The number of carbonyl (C=O) groups is 1. The Morgan fingerprint density at radius 3 is 2.47 bits per heavy atom. The zero-order chi connectivity index (χ0) is 11.6. The predicted octanol–water partition coefficient (Wildman–Crippen LogP) is 3.51. The molecular formula is C10H12ClFO2Si. The van der Waals surface area contributed by atoms with E-state index < -0.39 is 14.1 Å². The molecule has 2 nitrogen and oxygen atoms in total. The lowest BCUT2D eigenvalue weighted by Crippen LogP contribution is -2.29. The number of hydrogen-bond donors (Lipinski definition) is 0. The van der Waals surface area contributed by atoms with Crippen LogP contribution in [0.1, 0.15) is 10.4 Å². The summed E-state index contributed by atoms with van der Waals surface area (Å²) >= 11 is 5.56. The third-order valence-electron chi connectivity index (χ3n) is 1.60. The van der Waals surface area contributed by atoms with Gasteiger partial charge in [0, 0.05) is 6.07 Å². The van der Waals surface area contributed by atoms with Gasteiger partial charge in [0.1, 0.15) is 11.6 Å². The second kappa shape index (κ2) is 4.33. The third kappa shape index (κ3) is 3.32. The fourth-order valence-corrected chi connectivity index (χ4v) is 2.06. The van der Waals surface area contributed by atoms with E-state index in [0.29, 0.717) is 6.29 Å². The van der Waals surface area contributed by atoms with Crippen LogP contribution in [0.3, 0.4) is 0 Å². The molecular weight excluding hydrogens is 235 g/mol. The topological polar surface area (TPSA) is 26.3 Å². The number of rotatable bonds is 3. The van der Waals surface area contributed by atoms with Crippen molar-refractivity contribution in [1.29, 1.82) is 0 Å². The van der Waals surface area contributed by atoms with Crippen molar-refractivity contribution in [2.45, 2.75) is 19.6 Å². The van der Waals surface area contributed by atoms with Crippen LogP contribution in [0.4, 0.5) is 4.39 Å². The van der Waals surface area contributed by atoms with Crippen molar-refractivity contribution < 1.29 is 13.6 Å². The second-order valence-electron chi connectivity index (χ2n) is 4.14. The number of benzene rings is 1. The second-order valence-corrected chi connectivity index (χ2v) is 8.97. The molecule has 1 aromatic carbocycles. The summed E-state index contributed by atoms with van der Waals surface area (Å²) in [7, 11) is -1.85. The van der Waals surface area contributed by atoms with E-state index in [2.05, 4.69) is 0 Å². The molecule has 0 fully saturated rings. The maximum atomic E-state index is 13.2. The average Bonchev–Trinajstić information content (AvgIpc) is 2.08. The molecule has 0 aliphatic carbocycles. The van der Waals surface area contributed by atoms with Gasteiger partial charge >= 0.3 is 0 Å². The zero-order valence-corrected chi connectivity index (χ0v) is 10.6. The summed E-state index contributed by atoms with van der Waals surface area (Å²) in [6, 6.07) is 2.43. The van der Waals surface area contributed by atoms with Gasteiger partial charge in [-0.3, -0.25) is 4.79 Å². The Labute approximate surface area is 94.1 Å². The van der Waals surface area contributed by atoms with Crippen molar-refractivity contribution in [3.63, 3.8) is 0 Å². The molecule has 0 aliphatic rings. The largest absolute Gasteiger partial charge is 0.544 e. The Morgan fingerprint density at radius 1 is 1.40 bits per heavy atom. The third-order valence-corrected chi connectivity index (χ3v) is 2.72. The van der Waals surface area contributed by atoms with E-state index in [0.717, 1.165) is 6.07 Å². The van der Waals surface area contributed by atoms with Crippen LogP contribution in [0.2, 0.25) is 24.7 Å². The molecule has 0 atom stereocenters. The molecule has 0 saturated carbocycles.